The zero-order valence-electron chi connectivity index (χ0n) is 13.9. The summed E-state index contributed by atoms with van der Waals surface area (Å²) in [5.41, 5.74) is 0.830. The molecular weight excluding hydrogens is 340 g/mol. The Labute approximate surface area is 148 Å². The molecular formula is C15H18N8OS. The van der Waals surface area contributed by atoms with Crippen LogP contribution in [-0.2, 0) is 11.8 Å². The van der Waals surface area contributed by atoms with Crippen molar-refractivity contribution in [1.82, 2.24) is 40.3 Å². The number of amides is 1. The van der Waals surface area contributed by atoms with Crippen molar-refractivity contribution >= 4 is 17.7 Å². The van der Waals surface area contributed by atoms with Crippen LogP contribution >= 0.6 is 11.8 Å². The number of nitrogens with zero attached hydrogens (tertiary/aromatic N) is 7. The van der Waals surface area contributed by atoms with Gasteiger partial charge in [-0.25, -0.2) is 4.68 Å². The van der Waals surface area contributed by atoms with E-state index in [1.165, 1.54) is 16.4 Å². The Hall–Kier alpha value is -2.75. The van der Waals surface area contributed by atoms with Crippen LogP contribution in [0.3, 0.4) is 0 Å². The molecule has 0 aliphatic heterocycles. The Morgan fingerprint density at radius 3 is 2.72 bits per heavy atom. The van der Waals surface area contributed by atoms with Crippen molar-refractivity contribution in [2.24, 2.45) is 7.05 Å². The number of carbonyl (C=O) groups excluding carboxylic acids is 1. The first-order valence-corrected chi connectivity index (χ1v) is 8.69. The van der Waals surface area contributed by atoms with Gasteiger partial charge in [-0.1, -0.05) is 42.1 Å². The second kappa shape index (κ2) is 7.88. The Morgan fingerprint density at radius 2 is 2.08 bits per heavy atom. The Balaban J connectivity index is 1.66. The van der Waals surface area contributed by atoms with Gasteiger partial charge in [0.1, 0.15) is 12.2 Å². The molecule has 25 heavy (non-hydrogen) atoms. The quantitative estimate of drug-likeness (QED) is 0.487. The van der Waals surface area contributed by atoms with Crippen molar-refractivity contribution < 1.29 is 4.79 Å². The van der Waals surface area contributed by atoms with Crippen LogP contribution in [0.1, 0.15) is 17.4 Å². The lowest BCUT2D eigenvalue weighted by Gasteiger charge is -2.17. The average Bonchev–Trinajstić information content (AvgIpc) is 3.22. The second-order valence-electron chi connectivity index (χ2n) is 5.35. The van der Waals surface area contributed by atoms with Crippen molar-refractivity contribution in [1.29, 1.82) is 0 Å². The summed E-state index contributed by atoms with van der Waals surface area (Å²) in [5.74, 6) is 1.12. The molecule has 3 aromatic rings. The summed E-state index contributed by atoms with van der Waals surface area (Å²) in [6, 6.07) is 8.86. The molecule has 10 heteroatoms. The molecule has 1 aromatic carbocycles. The van der Waals surface area contributed by atoms with Crippen molar-refractivity contribution in [3.8, 4) is 0 Å². The Bertz CT molecular complexity index is 831. The van der Waals surface area contributed by atoms with Crippen LogP contribution in [0.2, 0.25) is 0 Å². The first kappa shape index (κ1) is 17.1. The summed E-state index contributed by atoms with van der Waals surface area (Å²) in [7, 11) is 1.88. The number of benzene rings is 1. The minimum atomic E-state index is -0.601. The van der Waals surface area contributed by atoms with Gasteiger partial charge in [0, 0.05) is 19.3 Å². The fourth-order valence-electron chi connectivity index (χ4n) is 2.33. The largest absolute Gasteiger partial charge is 0.353 e. The molecule has 2 heterocycles. The molecule has 0 aliphatic carbocycles. The van der Waals surface area contributed by atoms with E-state index in [0.29, 0.717) is 18.1 Å². The van der Waals surface area contributed by atoms with Gasteiger partial charge >= 0.3 is 0 Å². The molecule has 0 bridgehead atoms. The summed E-state index contributed by atoms with van der Waals surface area (Å²) >= 11 is 1.53. The van der Waals surface area contributed by atoms with Gasteiger partial charge in [-0.15, -0.1) is 15.3 Å². The van der Waals surface area contributed by atoms with Gasteiger partial charge in [-0.3, -0.25) is 4.79 Å². The summed E-state index contributed by atoms with van der Waals surface area (Å²) in [4.78, 5) is 12.8. The normalized spacial score (nSPS) is 12.1. The van der Waals surface area contributed by atoms with Gasteiger partial charge in [-0.2, -0.15) is 0 Å². The molecule has 1 atom stereocenters. The molecule has 0 saturated carbocycles. The average molecular weight is 358 g/mol. The van der Waals surface area contributed by atoms with E-state index >= 15 is 0 Å². The highest BCUT2D eigenvalue weighted by molar-refractivity contribution is 7.99. The topological polar surface area (TPSA) is 103 Å². The van der Waals surface area contributed by atoms with Crippen molar-refractivity contribution in [2.45, 2.75) is 18.1 Å². The van der Waals surface area contributed by atoms with E-state index in [9.17, 15) is 4.79 Å². The van der Waals surface area contributed by atoms with Gasteiger partial charge in [0.25, 0.3) is 0 Å². The highest BCUT2D eigenvalue weighted by Gasteiger charge is 2.25. The lowest BCUT2D eigenvalue weighted by Crippen LogP contribution is -2.35. The standard InChI is InChI=1S/C15H18N8OS/c1-11-18-20-21-23(11)13(12-6-4-3-5-7-12)14(24)16-8-9-25-15-19-17-10-22(15)2/h3-7,10,13H,8-9H2,1-2H3,(H,16,24)/t13-/m0/s1. The van der Waals surface area contributed by atoms with Crippen LogP contribution in [0.25, 0.3) is 0 Å². The van der Waals surface area contributed by atoms with Crippen molar-refractivity contribution in [2.75, 3.05) is 12.3 Å². The number of hydrogen-bond acceptors (Lipinski definition) is 7. The molecule has 0 radical (unpaired) electrons. The number of aromatic nitrogens is 7. The van der Waals surface area contributed by atoms with E-state index in [1.54, 1.807) is 13.3 Å². The second-order valence-corrected chi connectivity index (χ2v) is 6.41. The Morgan fingerprint density at radius 1 is 1.28 bits per heavy atom. The fourth-order valence-corrected chi connectivity index (χ4v) is 3.07. The minimum absolute atomic E-state index is 0.153. The van der Waals surface area contributed by atoms with Crippen molar-refractivity contribution in [3.05, 3.63) is 48.0 Å². The van der Waals surface area contributed by atoms with Crippen molar-refractivity contribution in [3.63, 3.8) is 0 Å². The fraction of sp³-hybridized carbons (Fsp3) is 0.333. The van der Waals surface area contributed by atoms with E-state index in [1.807, 2.05) is 41.9 Å². The van der Waals surface area contributed by atoms with E-state index in [-0.39, 0.29) is 5.91 Å². The van der Waals surface area contributed by atoms with E-state index in [2.05, 4.69) is 31.0 Å². The van der Waals surface area contributed by atoms with E-state index in [4.69, 9.17) is 0 Å². The molecule has 0 fully saturated rings. The molecule has 130 valence electrons. The maximum absolute atomic E-state index is 12.8. The Kier molecular flexibility index (Phi) is 5.39. The molecule has 0 saturated heterocycles. The molecule has 1 N–H and O–H groups in total. The molecule has 0 spiro atoms. The molecule has 0 unspecified atom stereocenters. The zero-order chi connectivity index (χ0) is 17.6. The summed E-state index contributed by atoms with van der Waals surface area (Å²) in [6.07, 6.45) is 1.65. The highest BCUT2D eigenvalue weighted by Crippen LogP contribution is 2.18. The predicted molar refractivity (Wildman–Crippen MR) is 91.9 cm³/mol. The SMILES string of the molecule is Cc1nnnn1[C@H](C(=O)NCCSc1nncn1C)c1ccccc1. The van der Waals surface area contributed by atoms with Crippen LogP contribution < -0.4 is 5.32 Å². The summed E-state index contributed by atoms with van der Waals surface area (Å²) < 4.78 is 3.37. The van der Waals surface area contributed by atoms with Gasteiger partial charge in [0.05, 0.1) is 0 Å². The molecule has 2 aromatic heterocycles. The lowest BCUT2D eigenvalue weighted by molar-refractivity contribution is -0.123. The maximum atomic E-state index is 12.8. The molecule has 3 rings (SSSR count). The predicted octanol–water partition coefficient (Wildman–Crippen LogP) is 0.608. The van der Waals surface area contributed by atoms with Gasteiger partial charge in [-0.05, 0) is 22.9 Å². The number of hydrogen-bond donors (Lipinski definition) is 1. The number of nitrogens with one attached hydrogen (secondary N) is 1. The van der Waals surface area contributed by atoms with Gasteiger partial charge in [0.2, 0.25) is 5.91 Å². The number of rotatable bonds is 7. The van der Waals surface area contributed by atoms with Gasteiger partial charge < -0.3 is 9.88 Å². The van der Waals surface area contributed by atoms with E-state index < -0.39 is 6.04 Å². The third-order valence-electron chi connectivity index (χ3n) is 3.57. The summed E-state index contributed by atoms with van der Waals surface area (Å²) in [6.45, 7) is 2.27. The monoisotopic (exact) mass is 358 g/mol. The number of tetrazole rings is 1. The number of carbonyl (C=O) groups is 1. The molecule has 1 amide bonds. The smallest absolute Gasteiger partial charge is 0.249 e. The lowest BCUT2D eigenvalue weighted by atomic mass is 10.1. The van der Waals surface area contributed by atoms with E-state index in [0.717, 1.165) is 10.7 Å². The van der Waals surface area contributed by atoms with Crippen LogP contribution in [0.15, 0.2) is 41.8 Å². The zero-order valence-corrected chi connectivity index (χ0v) is 14.7. The van der Waals surface area contributed by atoms with Crippen LogP contribution in [-0.4, -0.2) is 53.2 Å². The molecule has 9 nitrogen and oxygen atoms in total. The number of thioether (sulfide) groups is 1. The first-order valence-electron chi connectivity index (χ1n) is 7.70. The third kappa shape index (κ3) is 4.02. The van der Waals surface area contributed by atoms with Crippen LogP contribution in [0.5, 0.6) is 0 Å². The van der Waals surface area contributed by atoms with Gasteiger partial charge in [0.15, 0.2) is 11.2 Å². The third-order valence-corrected chi connectivity index (χ3v) is 4.60. The minimum Gasteiger partial charge on any atom is -0.353 e. The van der Waals surface area contributed by atoms with Crippen LogP contribution in [0, 0.1) is 6.92 Å². The first-order chi connectivity index (χ1) is 12.2. The maximum Gasteiger partial charge on any atom is 0.249 e. The van der Waals surface area contributed by atoms with Crippen LogP contribution in [0.4, 0.5) is 0 Å². The molecule has 0 aliphatic rings. The summed E-state index contributed by atoms with van der Waals surface area (Å²) in [5, 5.41) is 23.1. The number of aryl methyl sites for hydroxylation is 2. The highest BCUT2D eigenvalue weighted by atomic mass is 32.2.